The third-order valence-corrected chi connectivity index (χ3v) is 2.17. The number of rotatable bonds is 1. The Morgan fingerprint density at radius 1 is 1.27 bits per heavy atom. The van der Waals surface area contributed by atoms with Gasteiger partial charge in [0.15, 0.2) is 0 Å². The Morgan fingerprint density at radius 3 is 2.53 bits per heavy atom. The molecular formula is C10H6ClFN2O. The maximum Gasteiger partial charge on any atom is 0.265 e. The maximum atomic E-state index is 12.7. The van der Waals surface area contributed by atoms with Crippen molar-refractivity contribution in [1.82, 2.24) is 10.2 Å². The lowest BCUT2D eigenvalue weighted by Crippen LogP contribution is -2.06. The van der Waals surface area contributed by atoms with Crippen LogP contribution < -0.4 is 5.56 Å². The van der Waals surface area contributed by atoms with Gasteiger partial charge in [-0.1, -0.05) is 11.6 Å². The fourth-order valence-corrected chi connectivity index (χ4v) is 1.44. The zero-order valence-corrected chi connectivity index (χ0v) is 8.25. The van der Waals surface area contributed by atoms with E-state index < -0.39 is 0 Å². The Bertz CT molecular complexity index is 536. The van der Waals surface area contributed by atoms with Crippen molar-refractivity contribution < 1.29 is 4.39 Å². The van der Waals surface area contributed by atoms with Crippen LogP contribution in [0.1, 0.15) is 0 Å². The highest BCUT2D eigenvalue weighted by Crippen LogP contribution is 2.23. The first-order valence-electron chi connectivity index (χ1n) is 4.18. The molecule has 5 heteroatoms. The van der Waals surface area contributed by atoms with E-state index >= 15 is 0 Å². The normalized spacial score (nSPS) is 10.3. The number of hydrogen-bond donors (Lipinski definition) is 1. The van der Waals surface area contributed by atoms with E-state index in [2.05, 4.69) is 10.2 Å². The Hall–Kier alpha value is -1.68. The van der Waals surface area contributed by atoms with E-state index in [0.29, 0.717) is 11.3 Å². The first-order valence-corrected chi connectivity index (χ1v) is 4.56. The highest BCUT2D eigenvalue weighted by Gasteiger charge is 2.05. The molecular weight excluding hydrogens is 219 g/mol. The average molecular weight is 225 g/mol. The third-order valence-electron chi connectivity index (χ3n) is 1.88. The molecule has 0 fully saturated rings. The molecule has 0 bridgehead atoms. The second kappa shape index (κ2) is 3.82. The molecule has 1 aromatic carbocycles. The van der Waals surface area contributed by atoms with Gasteiger partial charge in [0.2, 0.25) is 0 Å². The van der Waals surface area contributed by atoms with Crippen LogP contribution in [-0.4, -0.2) is 10.2 Å². The Balaban J connectivity index is 2.54. The molecule has 0 spiro atoms. The Morgan fingerprint density at radius 2 is 1.93 bits per heavy atom. The largest absolute Gasteiger partial charge is 0.268 e. The molecule has 0 saturated carbocycles. The minimum absolute atomic E-state index is 0.241. The van der Waals surface area contributed by atoms with Gasteiger partial charge >= 0.3 is 0 Å². The van der Waals surface area contributed by atoms with Gasteiger partial charge in [-0.15, -0.1) is 0 Å². The van der Waals surface area contributed by atoms with E-state index in [-0.39, 0.29) is 16.4 Å². The first-order chi connectivity index (χ1) is 7.16. The highest BCUT2D eigenvalue weighted by atomic mass is 35.5. The van der Waals surface area contributed by atoms with Gasteiger partial charge in [0.1, 0.15) is 11.5 Å². The van der Waals surface area contributed by atoms with Crippen LogP contribution in [0.15, 0.2) is 35.1 Å². The Labute approximate surface area is 89.5 Å². The summed E-state index contributed by atoms with van der Waals surface area (Å²) in [4.78, 5) is 10.9. The zero-order chi connectivity index (χ0) is 10.8. The monoisotopic (exact) mass is 224 g/mol. The topological polar surface area (TPSA) is 45.8 Å². The molecule has 1 heterocycles. The standard InChI is InChI=1S/C10H6ClFN2O/c11-8-5-9(15)13-14-10(8)6-1-3-7(12)4-2-6/h1-5H,(H,13,15). The summed E-state index contributed by atoms with van der Waals surface area (Å²) in [5.74, 6) is -0.334. The van der Waals surface area contributed by atoms with Gasteiger partial charge < -0.3 is 0 Å². The summed E-state index contributed by atoms with van der Waals surface area (Å²) in [5.41, 5.74) is 0.708. The van der Waals surface area contributed by atoms with Crippen LogP contribution in [-0.2, 0) is 0 Å². The molecule has 0 aliphatic carbocycles. The predicted octanol–water partition coefficient (Wildman–Crippen LogP) is 2.23. The average Bonchev–Trinajstić information content (AvgIpc) is 2.20. The lowest BCUT2D eigenvalue weighted by atomic mass is 10.1. The lowest BCUT2D eigenvalue weighted by molar-refractivity contribution is 0.628. The van der Waals surface area contributed by atoms with E-state index in [0.717, 1.165) is 0 Å². The third kappa shape index (κ3) is 2.05. The van der Waals surface area contributed by atoms with Gasteiger partial charge in [-0.25, -0.2) is 9.49 Å². The molecule has 0 aliphatic heterocycles. The summed E-state index contributed by atoms with van der Waals surface area (Å²) in [6, 6.07) is 6.92. The fraction of sp³-hybridized carbons (Fsp3) is 0. The van der Waals surface area contributed by atoms with Crippen molar-refractivity contribution in [3.63, 3.8) is 0 Å². The van der Waals surface area contributed by atoms with E-state index in [1.54, 1.807) is 12.1 Å². The van der Waals surface area contributed by atoms with Crippen molar-refractivity contribution >= 4 is 11.6 Å². The molecule has 2 rings (SSSR count). The second-order valence-electron chi connectivity index (χ2n) is 2.94. The number of nitrogens with one attached hydrogen (secondary N) is 1. The molecule has 0 amide bonds. The maximum absolute atomic E-state index is 12.7. The number of aromatic nitrogens is 2. The van der Waals surface area contributed by atoms with E-state index in [1.807, 2.05) is 0 Å². The van der Waals surface area contributed by atoms with Crippen molar-refractivity contribution in [2.24, 2.45) is 0 Å². The molecule has 15 heavy (non-hydrogen) atoms. The molecule has 3 nitrogen and oxygen atoms in total. The van der Waals surface area contributed by atoms with Crippen LogP contribution in [0.25, 0.3) is 11.3 Å². The quantitative estimate of drug-likeness (QED) is 0.808. The van der Waals surface area contributed by atoms with Crippen molar-refractivity contribution in [3.8, 4) is 11.3 Å². The summed E-state index contributed by atoms with van der Waals surface area (Å²) in [7, 11) is 0. The van der Waals surface area contributed by atoms with E-state index in [9.17, 15) is 9.18 Å². The smallest absolute Gasteiger partial charge is 0.265 e. The number of aromatic amines is 1. The number of nitrogens with zero attached hydrogens (tertiary/aromatic N) is 1. The molecule has 1 aromatic heterocycles. The van der Waals surface area contributed by atoms with Gasteiger partial charge in [-0.3, -0.25) is 4.79 Å². The summed E-state index contributed by atoms with van der Waals surface area (Å²) in [5, 5.41) is 6.30. The van der Waals surface area contributed by atoms with Crippen LogP contribution in [0.5, 0.6) is 0 Å². The molecule has 0 atom stereocenters. The molecule has 0 saturated heterocycles. The van der Waals surface area contributed by atoms with Gasteiger partial charge in [-0.2, -0.15) is 5.10 Å². The molecule has 76 valence electrons. The highest BCUT2D eigenvalue weighted by molar-refractivity contribution is 6.32. The second-order valence-corrected chi connectivity index (χ2v) is 3.34. The van der Waals surface area contributed by atoms with Crippen molar-refractivity contribution in [1.29, 1.82) is 0 Å². The van der Waals surface area contributed by atoms with Crippen LogP contribution in [0.3, 0.4) is 0 Å². The van der Waals surface area contributed by atoms with Gasteiger partial charge in [0.05, 0.1) is 5.02 Å². The summed E-state index contributed by atoms with van der Waals surface area (Å²) < 4.78 is 12.7. The first kappa shape index (κ1) is 9.86. The molecule has 0 radical (unpaired) electrons. The molecule has 0 aliphatic rings. The van der Waals surface area contributed by atoms with E-state index in [1.165, 1.54) is 18.2 Å². The summed E-state index contributed by atoms with van der Waals surface area (Å²) in [6.45, 7) is 0. The van der Waals surface area contributed by atoms with Crippen molar-refractivity contribution in [3.05, 3.63) is 51.5 Å². The number of benzene rings is 1. The SMILES string of the molecule is O=c1cc(Cl)c(-c2ccc(F)cc2)n[nH]1. The van der Waals surface area contributed by atoms with Crippen LogP contribution in [0, 0.1) is 5.82 Å². The lowest BCUT2D eigenvalue weighted by Gasteiger charge is -2.01. The zero-order valence-electron chi connectivity index (χ0n) is 7.50. The predicted molar refractivity (Wildman–Crippen MR) is 55.3 cm³/mol. The number of hydrogen-bond acceptors (Lipinski definition) is 2. The van der Waals surface area contributed by atoms with Crippen LogP contribution >= 0.6 is 11.6 Å². The number of halogens is 2. The van der Waals surface area contributed by atoms with Crippen LogP contribution in [0.4, 0.5) is 4.39 Å². The molecule has 0 unspecified atom stereocenters. The molecule has 1 N–H and O–H groups in total. The minimum atomic E-state index is -0.370. The number of H-pyrrole nitrogens is 1. The van der Waals surface area contributed by atoms with Crippen molar-refractivity contribution in [2.75, 3.05) is 0 Å². The van der Waals surface area contributed by atoms with Crippen LogP contribution in [0.2, 0.25) is 5.02 Å². The van der Waals surface area contributed by atoms with Gasteiger partial charge in [0, 0.05) is 11.6 Å². The van der Waals surface area contributed by atoms with E-state index in [4.69, 9.17) is 11.6 Å². The summed E-state index contributed by atoms with van der Waals surface area (Å²) >= 11 is 5.83. The molecule has 2 aromatic rings. The van der Waals surface area contributed by atoms with Gasteiger partial charge in [-0.05, 0) is 24.3 Å². The minimum Gasteiger partial charge on any atom is -0.268 e. The van der Waals surface area contributed by atoms with Crippen molar-refractivity contribution in [2.45, 2.75) is 0 Å². The Kier molecular flexibility index (Phi) is 2.51. The summed E-state index contributed by atoms with van der Waals surface area (Å²) in [6.07, 6.45) is 0. The fourth-order valence-electron chi connectivity index (χ4n) is 1.19. The van der Waals surface area contributed by atoms with Gasteiger partial charge in [0.25, 0.3) is 5.56 Å².